The Morgan fingerprint density at radius 3 is 2.38 bits per heavy atom. The second kappa shape index (κ2) is 7.60. The molecule has 2 aromatic carbocycles. The second-order valence-electron chi connectivity index (χ2n) is 6.92. The van der Waals surface area contributed by atoms with Crippen molar-refractivity contribution in [1.82, 2.24) is 0 Å². The summed E-state index contributed by atoms with van der Waals surface area (Å²) in [4.78, 5) is 26.5. The van der Waals surface area contributed by atoms with Crippen LogP contribution in [0, 0.1) is 12.8 Å². The van der Waals surface area contributed by atoms with Gasteiger partial charge in [0.05, 0.1) is 12.0 Å². The van der Waals surface area contributed by atoms with Gasteiger partial charge in [-0.05, 0) is 57.2 Å². The first-order valence-corrected chi connectivity index (χ1v) is 8.87. The van der Waals surface area contributed by atoms with Gasteiger partial charge >= 0.3 is 0 Å². The third-order valence-corrected chi connectivity index (χ3v) is 4.34. The molecule has 1 fully saturated rings. The van der Waals surface area contributed by atoms with Gasteiger partial charge in [-0.2, -0.15) is 0 Å². The number of aryl methyl sites for hydroxylation is 1. The number of carbonyl (C=O) groups is 2. The first-order valence-electron chi connectivity index (χ1n) is 8.87. The van der Waals surface area contributed by atoms with E-state index >= 15 is 0 Å². The Morgan fingerprint density at radius 1 is 1.12 bits per heavy atom. The van der Waals surface area contributed by atoms with Gasteiger partial charge in [0.2, 0.25) is 11.8 Å². The highest BCUT2D eigenvalue weighted by Gasteiger charge is 2.35. The number of nitrogens with zero attached hydrogens (tertiary/aromatic N) is 1. The molecule has 0 radical (unpaired) electrons. The summed E-state index contributed by atoms with van der Waals surface area (Å²) in [7, 11) is 0. The molecule has 1 saturated heterocycles. The van der Waals surface area contributed by atoms with Crippen LogP contribution in [0.1, 0.15) is 25.8 Å². The maximum atomic E-state index is 12.5. The summed E-state index contributed by atoms with van der Waals surface area (Å²) in [6, 6.07) is 15.0. The van der Waals surface area contributed by atoms with E-state index in [1.807, 2.05) is 69.3 Å². The molecule has 136 valence electrons. The van der Waals surface area contributed by atoms with Crippen molar-refractivity contribution in [2.45, 2.75) is 33.3 Å². The predicted molar refractivity (Wildman–Crippen MR) is 102 cm³/mol. The van der Waals surface area contributed by atoms with Crippen molar-refractivity contribution in [3.63, 3.8) is 0 Å². The monoisotopic (exact) mass is 352 g/mol. The van der Waals surface area contributed by atoms with Crippen molar-refractivity contribution < 1.29 is 14.3 Å². The zero-order valence-electron chi connectivity index (χ0n) is 15.4. The lowest BCUT2D eigenvalue weighted by Crippen LogP contribution is -2.28. The molecule has 0 aliphatic carbocycles. The fraction of sp³-hybridized carbons (Fsp3) is 0.333. The van der Waals surface area contributed by atoms with Gasteiger partial charge in [0.15, 0.2) is 0 Å². The molecule has 26 heavy (non-hydrogen) atoms. The van der Waals surface area contributed by atoms with Crippen LogP contribution in [0.5, 0.6) is 5.75 Å². The van der Waals surface area contributed by atoms with Crippen LogP contribution in [0.4, 0.5) is 11.4 Å². The lowest BCUT2D eigenvalue weighted by atomic mass is 10.1. The van der Waals surface area contributed by atoms with E-state index in [-0.39, 0.29) is 30.3 Å². The Morgan fingerprint density at radius 2 is 1.77 bits per heavy atom. The van der Waals surface area contributed by atoms with Crippen LogP contribution in [-0.2, 0) is 9.59 Å². The molecule has 5 heteroatoms. The summed E-state index contributed by atoms with van der Waals surface area (Å²) >= 11 is 0. The van der Waals surface area contributed by atoms with Crippen molar-refractivity contribution in [3.05, 3.63) is 54.1 Å². The molecule has 0 unspecified atom stereocenters. The summed E-state index contributed by atoms with van der Waals surface area (Å²) in [5, 5.41) is 2.90. The molecule has 1 N–H and O–H groups in total. The Balaban J connectivity index is 1.64. The minimum atomic E-state index is -0.351. The number of hydrogen-bond acceptors (Lipinski definition) is 3. The number of ether oxygens (including phenoxy) is 1. The molecule has 1 atom stereocenters. The number of nitrogens with one attached hydrogen (secondary N) is 1. The highest BCUT2D eigenvalue weighted by atomic mass is 16.5. The van der Waals surface area contributed by atoms with Gasteiger partial charge in [-0.25, -0.2) is 0 Å². The highest BCUT2D eigenvalue weighted by molar-refractivity contribution is 6.03. The maximum Gasteiger partial charge on any atom is 0.229 e. The standard InChI is InChI=1S/C21H24N2O3/c1-14(2)26-19-10-8-18(9-11-19)23-13-16(12-20(23)24)21(25)22-17-6-4-15(3)5-7-17/h4-11,14,16H,12-13H2,1-3H3,(H,22,25)/t16-/m1/s1. The van der Waals surface area contributed by atoms with Crippen molar-refractivity contribution in [1.29, 1.82) is 0 Å². The smallest absolute Gasteiger partial charge is 0.229 e. The van der Waals surface area contributed by atoms with E-state index in [1.54, 1.807) is 4.90 Å². The number of hydrogen-bond donors (Lipinski definition) is 1. The summed E-state index contributed by atoms with van der Waals surface area (Å²) in [6.45, 7) is 6.32. The van der Waals surface area contributed by atoms with Crippen molar-refractivity contribution in [2.24, 2.45) is 5.92 Å². The number of amides is 2. The number of rotatable bonds is 5. The first-order chi connectivity index (χ1) is 12.4. The van der Waals surface area contributed by atoms with E-state index in [0.29, 0.717) is 6.54 Å². The number of benzene rings is 2. The van der Waals surface area contributed by atoms with E-state index in [4.69, 9.17) is 4.74 Å². The van der Waals surface area contributed by atoms with E-state index in [9.17, 15) is 9.59 Å². The van der Waals surface area contributed by atoms with Crippen LogP contribution in [0.3, 0.4) is 0 Å². The van der Waals surface area contributed by atoms with Gasteiger partial charge in [0.1, 0.15) is 5.75 Å². The highest BCUT2D eigenvalue weighted by Crippen LogP contribution is 2.28. The molecular formula is C21H24N2O3. The van der Waals surface area contributed by atoms with Crippen LogP contribution in [0.25, 0.3) is 0 Å². The third kappa shape index (κ3) is 4.23. The molecule has 0 spiro atoms. The molecule has 2 amide bonds. The van der Waals surface area contributed by atoms with Crippen LogP contribution in [0.15, 0.2) is 48.5 Å². The van der Waals surface area contributed by atoms with Crippen molar-refractivity contribution in [2.75, 3.05) is 16.8 Å². The Labute approximate surface area is 154 Å². The summed E-state index contributed by atoms with van der Waals surface area (Å²) in [5.41, 5.74) is 2.67. The quantitative estimate of drug-likeness (QED) is 0.891. The van der Waals surface area contributed by atoms with Crippen LogP contribution in [0.2, 0.25) is 0 Å². The molecule has 2 aromatic rings. The van der Waals surface area contributed by atoms with Gasteiger partial charge < -0.3 is 15.0 Å². The largest absolute Gasteiger partial charge is 0.491 e. The summed E-state index contributed by atoms with van der Waals surface area (Å²) in [6.07, 6.45) is 0.325. The number of anilines is 2. The average molecular weight is 352 g/mol. The zero-order valence-corrected chi connectivity index (χ0v) is 15.4. The van der Waals surface area contributed by atoms with Gasteiger partial charge in [0.25, 0.3) is 0 Å². The lowest BCUT2D eigenvalue weighted by Gasteiger charge is -2.18. The predicted octanol–water partition coefficient (Wildman–Crippen LogP) is 3.77. The summed E-state index contributed by atoms with van der Waals surface area (Å²) < 4.78 is 5.63. The van der Waals surface area contributed by atoms with E-state index in [2.05, 4.69) is 5.32 Å². The first kappa shape index (κ1) is 18.0. The van der Waals surface area contributed by atoms with Crippen LogP contribution in [-0.4, -0.2) is 24.5 Å². The molecule has 1 aliphatic rings. The molecule has 0 aromatic heterocycles. The fourth-order valence-electron chi connectivity index (χ4n) is 2.99. The topological polar surface area (TPSA) is 58.6 Å². The molecule has 3 rings (SSSR count). The minimum Gasteiger partial charge on any atom is -0.491 e. The molecule has 1 aliphatic heterocycles. The normalized spacial score (nSPS) is 16.8. The Hall–Kier alpha value is -2.82. The van der Waals surface area contributed by atoms with Gasteiger partial charge in [-0.15, -0.1) is 0 Å². The fourth-order valence-corrected chi connectivity index (χ4v) is 2.99. The van der Waals surface area contributed by atoms with Crippen molar-refractivity contribution in [3.8, 4) is 5.75 Å². The molecular weight excluding hydrogens is 328 g/mol. The molecule has 0 saturated carbocycles. The molecule has 1 heterocycles. The van der Waals surface area contributed by atoms with Gasteiger partial charge in [0, 0.05) is 24.3 Å². The van der Waals surface area contributed by atoms with Crippen LogP contribution < -0.4 is 15.0 Å². The van der Waals surface area contributed by atoms with Crippen molar-refractivity contribution >= 4 is 23.2 Å². The van der Waals surface area contributed by atoms with Crippen LogP contribution >= 0.6 is 0 Å². The minimum absolute atomic E-state index is 0.0356. The third-order valence-electron chi connectivity index (χ3n) is 4.34. The Bertz CT molecular complexity index is 782. The van der Waals surface area contributed by atoms with E-state index in [1.165, 1.54) is 0 Å². The zero-order chi connectivity index (χ0) is 18.7. The van der Waals surface area contributed by atoms with Gasteiger partial charge in [-0.1, -0.05) is 17.7 Å². The molecule has 5 nitrogen and oxygen atoms in total. The average Bonchev–Trinajstić information content (AvgIpc) is 2.99. The van der Waals surface area contributed by atoms with E-state index < -0.39 is 0 Å². The van der Waals surface area contributed by atoms with E-state index in [0.717, 1.165) is 22.7 Å². The molecule has 0 bridgehead atoms. The Kier molecular flexibility index (Phi) is 5.26. The van der Waals surface area contributed by atoms with Gasteiger partial charge in [-0.3, -0.25) is 9.59 Å². The SMILES string of the molecule is Cc1ccc(NC(=O)[C@@H]2CC(=O)N(c3ccc(OC(C)C)cc3)C2)cc1. The summed E-state index contributed by atoms with van der Waals surface area (Å²) in [5.74, 6) is 0.260. The second-order valence-corrected chi connectivity index (χ2v) is 6.92. The lowest BCUT2D eigenvalue weighted by molar-refractivity contribution is -0.122. The maximum absolute atomic E-state index is 12.5. The number of carbonyl (C=O) groups excluding carboxylic acids is 2.